The maximum Gasteiger partial charge on any atom is 0.359 e. The van der Waals surface area contributed by atoms with Gasteiger partial charge in [0.2, 0.25) is 0 Å². The first-order chi connectivity index (χ1) is 12.2. The molecule has 138 valence electrons. The molecule has 0 radical (unpaired) electrons. The molecular weight excluding hydrogens is 337 g/mol. The second-order valence-electron chi connectivity index (χ2n) is 7.39. The number of ether oxygens (including phenoxy) is 1. The number of nitrogens with one attached hydrogen (secondary N) is 1. The van der Waals surface area contributed by atoms with Gasteiger partial charge in [0.05, 0.1) is 5.69 Å². The number of aromatic nitrogens is 2. The minimum atomic E-state index is -0.618. The fourth-order valence-corrected chi connectivity index (χ4v) is 3.05. The summed E-state index contributed by atoms with van der Waals surface area (Å²) in [6.45, 7) is 5.20. The van der Waals surface area contributed by atoms with Gasteiger partial charge in [-0.25, -0.2) is 13.9 Å². The highest BCUT2D eigenvalue weighted by atomic mass is 19.1. The zero-order chi connectivity index (χ0) is 18.9. The molecule has 26 heavy (non-hydrogen) atoms. The average Bonchev–Trinajstić information content (AvgIpc) is 3.14. The first-order valence-corrected chi connectivity index (χ1v) is 8.59. The number of fused-ring (bicyclic) bond motifs is 1. The van der Waals surface area contributed by atoms with Gasteiger partial charge in [-0.15, -0.1) is 0 Å². The van der Waals surface area contributed by atoms with E-state index in [1.54, 1.807) is 16.8 Å². The summed E-state index contributed by atoms with van der Waals surface area (Å²) in [7, 11) is 0. The first-order valence-electron chi connectivity index (χ1n) is 8.59. The molecule has 0 fully saturated rings. The second kappa shape index (κ2) is 6.90. The molecule has 1 aliphatic carbocycles. The summed E-state index contributed by atoms with van der Waals surface area (Å²) in [5.74, 6) is -1.31. The maximum atomic E-state index is 13.2. The maximum absolute atomic E-state index is 13.2. The van der Waals surface area contributed by atoms with Gasteiger partial charge in [-0.1, -0.05) is 0 Å². The van der Waals surface area contributed by atoms with Crippen molar-refractivity contribution in [3.05, 3.63) is 47.0 Å². The van der Waals surface area contributed by atoms with E-state index in [9.17, 15) is 14.0 Å². The molecule has 1 amide bonds. The van der Waals surface area contributed by atoms with E-state index >= 15 is 0 Å². The van der Waals surface area contributed by atoms with E-state index in [0.717, 1.165) is 30.5 Å². The van der Waals surface area contributed by atoms with Crippen LogP contribution < -0.4 is 5.32 Å². The SMILES string of the molecule is CC(C)(C)NC(=O)COC(=O)c1nn(-c2ccc(F)cc2)c2c1CCC2. The number of amides is 1. The van der Waals surface area contributed by atoms with Gasteiger partial charge in [-0.2, -0.15) is 5.10 Å². The van der Waals surface area contributed by atoms with Crippen LogP contribution in [-0.4, -0.2) is 33.8 Å². The van der Waals surface area contributed by atoms with Gasteiger partial charge in [0.15, 0.2) is 12.3 Å². The molecule has 7 heteroatoms. The molecule has 3 rings (SSSR count). The number of hydrogen-bond acceptors (Lipinski definition) is 4. The minimum absolute atomic E-state index is 0.227. The Balaban J connectivity index is 1.78. The van der Waals surface area contributed by atoms with Gasteiger partial charge < -0.3 is 10.1 Å². The number of halogens is 1. The van der Waals surface area contributed by atoms with Crippen molar-refractivity contribution in [2.45, 2.75) is 45.6 Å². The highest BCUT2D eigenvalue weighted by Gasteiger charge is 2.28. The average molecular weight is 359 g/mol. The summed E-state index contributed by atoms with van der Waals surface area (Å²) >= 11 is 0. The Kier molecular flexibility index (Phi) is 4.80. The van der Waals surface area contributed by atoms with Gasteiger partial charge in [-0.3, -0.25) is 4.79 Å². The Morgan fingerprint density at radius 1 is 1.23 bits per heavy atom. The summed E-state index contributed by atoms with van der Waals surface area (Å²) < 4.78 is 20.0. The lowest BCUT2D eigenvalue weighted by Gasteiger charge is -2.20. The Bertz CT molecular complexity index is 835. The fraction of sp³-hybridized carbons (Fsp3) is 0.421. The van der Waals surface area contributed by atoms with Crippen LogP contribution in [0.3, 0.4) is 0 Å². The molecule has 1 aromatic carbocycles. The predicted octanol–water partition coefficient (Wildman–Crippen LogP) is 2.57. The zero-order valence-electron chi connectivity index (χ0n) is 15.1. The largest absolute Gasteiger partial charge is 0.451 e. The molecular formula is C19H22FN3O3. The van der Waals surface area contributed by atoms with Gasteiger partial charge >= 0.3 is 5.97 Å². The second-order valence-corrected chi connectivity index (χ2v) is 7.39. The fourth-order valence-electron chi connectivity index (χ4n) is 3.05. The molecule has 0 aliphatic heterocycles. The number of benzene rings is 1. The number of carbonyl (C=O) groups excluding carboxylic acids is 2. The molecule has 0 unspecified atom stereocenters. The third kappa shape index (κ3) is 3.92. The molecule has 0 bridgehead atoms. The van der Waals surface area contributed by atoms with Crippen molar-refractivity contribution in [1.29, 1.82) is 0 Å². The van der Waals surface area contributed by atoms with Gasteiger partial charge in [-0.05, 0) is 64.3 Å². The lowest BCUT2D eigenvalue weighted by molar-refractivity contribution is -0.125. The molecule has 6 nitrogen and oxygen atoms in total. The highest BCUT2D eigenvalue weighted by Crippen LogP contribution is 2.28. The third-order valence-electron chi connectivity index (χ3n) is 4.04. The van der Waals surface area contributed by atoms with Crippen molar-refractivity contribution in [2.75, 3.05) is 6.61 Å². The molecule has 1 heterocycles. The van der Waals surface area contributed by atoms with E-state index < -0.39 is 11.5 Å². The number of hydrogen-bond donors (Lipinski definition) is 1. The molecule has 0 atom stereocenters. The number of carbonyl (C=O) groups is 2. The first kappa shape index (κ1) is 18.1. The lowest BCUT2D eigenvalue weighted by atomic mass is 10.1. The summed E-state index contributed by atoms with van der Waals surface area (Å²) in [4.78, 5) is 24.3. The standard InChI is InChI=1S/C19H22FN3O3/c1-19(2,3)21-16(24)11-26-18(25)17-14-5-4-6-15(14)23(22-17)13-9-7-12(20)8-10-13/h7-10H,4-6,11H2,1-3H3,(H,21,24). The predicted molar refractivity (Wildman–Crippen MR) is 93.7 cm³/mol. The van der Waals surface area contributed by atoms with Crippen LogP contribution in [0.15, 0.2) is 24.3 Å². The van der Waals surface area contributed by atoms with Crippen LogP contribution in [0.1, 0.15) is 48.9 Å². The summed E-state index contributed by atoms with van der Waals surface area (Å²) in [5, 5.41) is 7.11. The summed E-state index contributed by atoms with van der Waals surface area (Å²) in [6.07, 6.45) is 2.44. The van der Waals surface area contributed by atoms with Crippen molar-refractivity contribution in [1.82, 2.24) is 15.1 Å². The van der Waals surface area contributed by atoms with E-state index in [1.165, 1.54) is 12.1 Å². The van der Waals surface area contributed by atoms with Gasteiger partial charge in [0.25, 0.3) is 5.91 Å². The quantitative estimate of drug-likeness (QED) is 0.852. The van der Waals surface area contributed by atoms with Gasteiger partial charge in [0, 0.05) is 16.8 Å². The van der Waals surface area contributed by atoms with Gasteiger partial charge in [0.1, 0.15) is 5.82 Å². The van der Waals surface area contributed by atoms with E-state index in [-0.39, 0.29) is 24.0 Å². The number of esters is 1. The van der Waals surface area contributed by atoms with Crippen LogP contribution in [0.5, 0.6) is 0 Å². The van der Waals surface area contributed by atoms with Crippen molar-refractivity contribution in [3.8, 4) is 5.69 Å². The number of nitrogens with zero attached hydrogens (tertiary/aromatic N) is 2. The van der Waals surface area contributed by atoms with Crippen LogP contribution in [0.4, 0.5) is 4.39 Å². The Hall–Kier alpha value is -2.70. The van der Waals surface area contributed by atoms with E-state index in [0.29, 0.717) is 5.69 Å². The Morgan fingerprint density at radius 3 is 2.58 bits per heavy atom. The van der Waals surface area contributed by atoms with Crippen molar-refractivity contribution < 1.29 is 18.7 Å². The molecule has 1 aromatic heterocycles. The van der Waals surface area contributed by atoms with Crippen LogP contribution in [-0.2, 0) is 22.4 Å². The summed E-state index contributed by atoms with van der Waals surface area (Å²) in [6, 6.07) is 5.94. The van der Waals surface area contributed by atoms with E-state index in [1.807, 2.05) is 20.8 Å². The van der Waals surface area contributed by atoms with Crippen molar-refractivity contribution in [3.63, 3.8) is 0 Å². The minimum Gasteiger partial charge on any atom is -0.451 e. The molecule has 1 aliphatic rings. The van der Waals surface area contributed by atoms with Crippen LogP contribution in [0.25, 0.3) is 5.69 Å². The molecule has 2 aromatic rings. The molecule has 0 saturated carbocycles. The molecule has 0 saturated heterocycles. The zero-order valence-corrected chi connectivity index (χ0v) is 15.1. The topological polar surface area (TPSA) is 73.2 Å². The Labute approximate surface area is 151 Å². The molecule has 1 N–H and O–H groups in total. The Morgan fingerprint density at radius 2 is 1.92 bits per heavy atom. The smallest absolute Gasteiger partial charge is 0.359 e. The van der Waals surface area contributed by atoms with Crippen LogP contribution >= 0.6 is 0 Å². The van der Waals surface area contributed by atoms with Crippen molar-refractivity contribution >= 4 is 11.9 Å². The molecule has 0 spiro atoms. The van der Waals surface area contributed by atoms with Crippen LogP contribution in [0, 0.1) is 5.82 Å². The number of rotatable bonds is 4. The third-order valence-corrected chi connectivity index (χ3v) is 4.04. The van der Waals surface area contributed by atoms with Crippen molar-refractivity contribution in [2.24, 2.45) is 0 Å². The monoisotopic (exact) mass is 359 g/mol. The highest BCUT2D eigenvalue weighted by molar-refractivity contribution is 5.91. The van der Waals surface area contributed by atoms with Crippen LogP contribution in [0.2, 0.25) is 0 Å². The normalized spacial score (nSPS) is 13.4. The lowest BCUT2D eigenvalue weighted by Crippen LogP contribution is -2.42. The van der Waals surface area contributed by atoms with E-state index in [4.69, 9.17) is 4.74 Å². The van der Waals surface area contributed by atoms with E-state index in [2.05, 4.69) is 10.4 Å². The summed E-state index contributed by atoms with van der Waals surface area (Å²) in [5.41, 5.74) is 2.30.